The number of nitrogens with one attached hydrogen (secondary N) is 1. The topological polar surface area (TPSA) is 45.2 Å². The number of hydrogen-bond acceptors (Lipinski definition) is 5. The van der Waals surface area contributed by atoms with E-state index in [1.807, 2.05) is 32.3 Å². The van der Waals surface area contributed by atoms with Crippen LogP contribution in [0.4, 0.5) is 0 Å². The Bertz CT molecular complexity index is 778. The molecular weight excluding hydrogens is 350 g/mol. The molecule has 3 aromatic rings. The maximum Gasteiger partial charge on any atom is 0.220 e. The second-order valence-corrected chi connectivity index (χ2v) is 8.16. The van der Waals surface area contributed by atoms with Gasteiger partial charge < -0.3 is 10.2 Å². The maximum atomic E-state index is 12.2. The molecule has 2 aromatic heterocycles. The summed E-state index contributed by atoms with van der Waals surface area (Å²) in [5.74, 6) is 0.114. The number of thiazole rings is 1. The number of amides is 1. The fourth-order valence-electron chi connectivity index (χ4n) is 2.79. The molecule has 0 fully saturated rings. The largest absolute Gasteiger partial charge is 0.354 e. The van der Waals surface area contributed by atoms with Crippen LogP contribution in [0.5, 0.6) is 0 Å². The van der Waals surface area contributed by atoms with Gasteiger partial charge in [-0.3, -0.25) is 4.79 Å². The van der Waals surface area contributed by atoms with Crippen LogP contribution in [0, 0.1) is 0 Å². The number of aromatic nitrogens is 1. The van der Waals surface area contributed by atoms with Gasteiger partial charge in [0.25, 0.3) is 0 Å². The van der Waals surface area contributed by atoms with Gasteiger partial charge in [-0.1, -0.05) is 12.1 Å². The first-order chi connectivity index (χ1) is 12.1. The number of carbonyl (C=O) groups excluding carboxylic acids is 1. The van der Waals surface area contributed by atoms with E-state index >= 15 is 0 Å². The van der Waals surface area contributed by atoms with Crippen LogP contribution in [0.1, 0.15) is 29.5 Å². The molecule has 1 unspecified atom stereocenters. The van der Waals surface area contributed by atoms with Gasteiger partial charge in [0.15, 0.2) is 0 Å². The van der Waals surface area contributed by atoms with Crippen molar-refractivity contribution in [3.8, 4) is 0 Å². The lowest BCUT2D eigenvalue weighted by Gasteiger charge is -2.24. The van der Waals surface area contributed by atoms with E-state index in [9.17, 15) is 4.79 Å². The molecule has 25 heavy (non-hydrogen) atoms. The lowest BCUT2D eigenvalue weighted by atomic mass is 10.1. The van der Waals surface area contributed by atoms with Gasteiger partial charge in [0, 0.05) is 13.0 Å². The minimum atomic E-state index is 0.114. The van der Waals surface area contributed by atoms with Gasteiger partial charge in [-0.2, -0.15) is 11.3 Å². The highest BCUT2D eigenvalue weighted by Gasteiger charge is 2.15. The molecule has 4 nitrogen and oxygen atoms in total. The van der Waals surface area contributed by atoms with Crippen LogP contribution >= 0.6 is 22.7 Å². The van der Waals surface area contributed by atoms with Crippen LogP contribution in [0.3, 0.4) is 0 Å². The summed E-state index contributed by atoms with van der Waals surface area (Å²) in [5.41, 5.74) is 2.31. The first kappa shape index (κ1) is 18.0. The summed E-state index contributed by atoms with van der Waals surface area (Å²) in [7, 11) is 4.09. The number of rotatable bonds is 8. The van der Waals surface area contributed by atoms with E-state index in [4.69, 9.17) is 0 Å². The molecule has 132 valence electrons. The molecule has 0 aliphatic heterocycles. The summed E-state index contributed by atoms with van der Waals surface area (Å²) in [6, 6.07) is 10.5. The van der Waals surface area contributed by atoms with E-state index in [1.54, 1.807) is 22.7 Å². The predicted molar refractivity (Wildman–Crippen MR) is 106 cm³/mol. The molecule has 0 saturated heterocycles. The van der Waals surface area contributed by atoms with Crippen molar-refractivity contribution >= 4 is 38.8 Å². The Balaban J connectivity index is 1.44. The van der Waals surface area contributed by atoms with Gasteiger partial charge in [-0.25, -0.2) is 4.98 Å². The van der Waals surface area contributed by atoms with Crippen LogP contribution < -0.4 is 5.32 Å². The van der Waals surface area contributed by atoms with E-state index in [1.165, 1.54) is 10.3 Å². The molecule has 1 N–H and O–H groups in total. The summed E-state index contributed by atoms with van der Waals surface area (Å²) in [4.78, 5) is 18.9. The van der Waals surface area contributed by atoms with Crippen molar-refractivity contribution in [2.75, 3.05) is 20.6 Å². The Morgan fingerprint density at radius 1 is 1.28 bits per heavy atom. The number of likely N-dealkylation sites (N-methyl/N-ethyl adjacent to an activating group) is 1. The minimum Gasteiger partial charge on any atom is -0.354 e. The number of aryl methyl sites for hydroxylation is 1. The summed E-state index contributed by atoms with van der Waals surface area (Å²) >= 11 is 3.41. The molecule has 0 aliphatic carbocycles. The fraction of sp³-hybridized carbons (Fsp3) is 0.368. The van der Waals surface area contributed by atoms with Crippen molar-refractivity contribution in [1.82, 2.24) is 15.2 Å². The number of thiophene rings is 1. The second-order valence-electron chi connectivity index (χ2n) is 6.27. The maximum absolute atomic E-state index is 12.2. The van der Waals surface area contributed by atoms with E-state index in [-0.39, 0.29) is 11.9 Å². The van der Waals surface area contributed by atoms with Gasteiger partial charge in [0.2, 0.25) is 5.91 Å². The number of nitrogens with zero attached hydrogens (tertiary/aromatic N) is 2. The average Bonchev–Trinajstić information content (AvgIpc) is 3.23. The van der Waals surface area contributed by atoms with E-state index in [2.05, 4.69) is 38.1 Å². The first-order valence-corrected chi connectivity index (χ1v) is 10.2. The third-order valence-corrected chi connectivity index (χ3v) is 5.97. The Kier molecular flexibility index (Phi) is 6.18. The summed E-state index contributed by atoms with van der Waals surface area (Å²) in [6.07, 6.45) is 2.23. The number of fused-ring (bicyclic) bond motifs is 1. The molecule has 1 atom stereocenters. The Labute approximate surface area is 156 Å². The van der Waals surface area contributed by atoms with Crippen LogP contribution in [-0.2, 0) is 11.2 Å². The van der Waals surface area contributed by atoms with Crippen LogP contribution in [0.15, 0.2) is 41.1 Å². The molecule has 0 radical (unpaired) electrons. The van der Waals surface area contributed by atoms with Crippen LogP contribution in [0.25, 0.3) is 10.2 Å². The molecular formula is C19H23N3OS2. The third kappa shape index (κ3) is 4.87. The van der Waals surface area contributed by atoms with E-state index < -0.39 is 0 Å². The van der Waals surface area contributed by atoms with Crippen molar-refractivity contribution in [3.63, 3.8) is 0 Å². The van der Waals surface area contributed by atoms with Gasteiger partial charge in [0.1, 0.15) is 0 Å². The molecule has 0 bridgehead atoms. The van der Waals surface area contributed by atoms with Gasteiger partial charge in [-0.15, -0.1) is 11.3 Å². The lowest BCUT2D eigenvalue weighted by Crippen LogP contribution is -2.34. The van der Waals surface area contributed by atoms with Crippen molar-refractivity contribution in [3.05, 3.63) is 51.7 Å². The van der Waals surface area contributed by atoms with Crippen LogP contribution in [-0.4, -0.2) is 36.4 Å². The van der Waals surface area contributed by atoms with Crippen molar-refractivity contribution < 1.29 is 4.79 Å². The zero-order valence-electron chi connectivity index (χ0n) is 14.6. The molecule has 1 aromatic carbocycles. The molecule has 2 heterocycles. The molecule has 6 heteroatoms. The zero-order chi connectivity index (χ0) is 17.6. The molecule has 0 saturated carbocycles. The normalized spacial score (nSPS) is 12.6. The number of carbonyl (C=O) groups is 1. The predicted octanol–water partition coefficient (Wildman–Crippen LogP) is 4.10. The second kappa shape index (κ2) is 8.56. The highest BCUT2D eigenvalue weighted by Crippen LogP contribution is 2.23. The average molecular weight is 374 g/mol. The monoisotopic (exact) mass is 373 g/mol. The fourth-order valence-corrected chi connectivity index (χ4v) is 4.51. The summed E-state index contributed by atoms with van der Waals surface area (Å²) in [5, 5.41) is 8.40. The molecule has 0 aliphatic rings. The summed E-state index contributed by atoms with van der Waals surface area (Å²) < 4.78 is 1.21. The highest BCUT2D eigenvalue weighted by atomic mass is 32.1. The Morgan fingerprint density at radius 2 is 2.12 bits per heavy atom. The Morgan fingerprint density at radius 3 is 2.84 bits per heavy atom. The number of benzene rings is 1. The Hall–Kier alpha value is -1.76. The van der Waals surface area contributed by atoms with Gasteiger partial charge in [0.05, 0.1) is 21.3 Å². The van der Waals surface area contributed by atoms with Gasteiger partial charge in [-0.05, 0) is 61.5 Å². The quantitative estimate of drug-likeness (QED) is 0.646. The first-order valence-electron chi connectivity index (χ1n) is 8.43. The lowest BCUT2D eigenvalue weighted by molar-refractivity contribution is -0.121. The molecule has 3 rings (SSSR count). The molecule has 1 amide bonds. The summed E-state index contributed by atoms with van der Waals surface area (Å²) in [6.45, 7) is 0.643. The highest BCUT2D eigenvalue weighted by molar-refractivity contribution is 7.18. The zero-order valence-corrected chi connectivity index (χ0v) is 16.2. The van der Waals surface area contributed by atoms with Crippen LogP contribution in [0.2, 0.25) is 0 Å². The van der Waals surface area contributed by atoms with Crippen molar-refractivity contribution in [2.45, 2.75) is 25.3 Å². The number of hydrogen-bond donors (Lipinski definition) is 1. The van der Waals surface area contributed by atoms with E-state index in [0.717, 1.165) is 23.4 Å². The minimum absolute atomic E-state index is 0.114. The standard InChI is InChI=1S/C19H23N3OS2/c1-22(2)16(14-10-11-24-13-14)12-20-18(23)8-5-9-19-21-15-6-3-4-7-17(15)25-19/h3-4,6-7,10-11,13,16H,5,8-9,12H2,1-2H3,(H,20,23). The van der Waals surface area contributed by atoms with Gasteiger partial charge >= 0.3 is 0 Å². The smallest absolute Gasteiger partial charge is 0.220 e. The van der Waals surface area contributed by atoms with Crippen molar-refractivity contribution in [1.29, 1.82) is 0 Å². The SMILES string of the molecule is CN(C)C(CNC(=O)CCCc1nc2ccccc2s1)c1ccsc1. The van der Waals surface area contributed by atoms with E-state index in [0.29, 0.717) is 13.0 Å². The molecule has 0 spiro atoms. The van der Waals surface area contributed by atoms with Crippen molar-refractivity contribution in [2.24, 2.45) is 0 Å². The number of para-hydroxylation sites is 1. The third-order valence-electron chi connectivity index (χ3n) is 4.18.